The number of rotatable bonds is 4. The summed E-state index contributed by atoms with van der Waals surface area (Å²) in [4.78, 5) is 30.1. The van der Waals surface area contributed by atoms with Crippen molar-refractivity contribution in [3.63, 3.8) is 0 Å². The summed E-state index contributed by atoms with van der Waals surface area (Å²) in [5.74, 6) is 0.489. The van der Waals surface area contributed by atoms with E-state index in [1.165, 1.54) is 6.07 Å². The lowest BCUT2D eigenvalue weighted by atomic mass is 10.0. The van der Waals surface area contributed by atoms with Crippen molar-refractivity contribution in [3.05, 3.63) is 27.9 Å². The number of amides is 1. The molecule has 104 valence electrons. The normalized spacial score (nSPS) is 22.4. The first-order valence-electron chi connectivity index (χ1n) is 6.49. The molecule has 1 aromatic heterocycles. The van der Waals surface area contributed by atoms with Crippen LogP contribution in [0, 0.1) is 6.92 Å². The van der Waals surface area contributed by atoms with Gasteiger partial charge in [0, 0.05) is 31.3 Å². The largest absolute Gasteiger partial charge is 0.365 e. The number of ether oxygens (including phenoxy) is 1. The molecule has 6 heteroatoms. The van der Waals surface area contributed by atoms with Crippen LogP contribution in [0.3, 0.4) is 0 Å². The highest BCUT2D eigenvalue weighted by molar-refractivity contribution is 5.84. The van der Waals surface area contributed by atoms with Crippen molar-refractivity contribution in [2.24, 2.45) is 0 Å². The summed E-state index contributed by atoms with van der Waals surface area (Å²) in [7, 11) is 0. The molecule has 1 aliphatic rings. The summed E-state index contributed by atoms with van der Waals surface area (Å²) in [5, 5.41) is 2.83. The zero-order valence-corrected chi connectivity index (χ0v) is 11.3. The van der Waals surface area contributed by atoms with Gasteiger partial charge in [0.2, 0.25) is 0 Å². The number of nitrogens with one attached hydrogen (secondary N) is 2. The van der Waals surface area contributed by atoms with Gasteiger partial charge in [0.15, 0.2) is 0 Å². The van der Waals surface area contributed by atoms with E-state index in [2.05, 4.69) is 15.3 Å². The van der Waals surface area contributed by atoms with Crippen LogP contribution < -0.4 is 10.9 Å². The van der Waals surface area contributed by atoms with Crippen LogP contribution in [0.1, 0.15) is 31.3 Å². The fraction of sp³-hybridized carbons (Fsp3) is 0.615. The van der Waals surface area contributed by atoms with Crippen LogP contribution >= 0.6 is 0 Å². The number of aryl methyl sites for hydroxylation is 1. The molecular formula is C13H19N3O3. The van der Waals surface area contributed by atoms with Crippen molar-refractivity contribution in [1.29, 1.82) is 0 Å². The fourth-order valence-electron chi connectivity index (χ4n) is 2.20. The summed E-state index contributed by atoms with van der Waals surface area (Å²) in [6.45, 7) is 4.65. The molecule has 0 unspecified atom stereocenters. The SMILES string of the molecule is Cc1cc(=O)[nH]c(CCNC(=O)[C@@]2(C)CCCO2)n1. The summed E-state index contributed by atoms with van der Waals surface area (Å²) in [6.07, 6.45) is 2.16. The van der Waals surface area contributed by atoms with E-state index in [0.717, 1.165) is 12.8 Å². The molecule has 2 N–H and O–H groups in total. The predicted octanol–water partition coefficient (Wildman–Crippen LogP) is 0.306. The molecule has 6 nitrogen and oxygen atoms in total. The smallest absolute Gasteiger partial charge is 0.251 e. The quantitative estimate of drug-likeness (QED) is 0.820. The zero-order valence-electron chi connectivity index (χ0n) is 11.3. The van der Waals surface area contributed by atoms with E-state index in [1.54, 1.807) is 6.92 Å². The lowest BCUT2D eigenvalue weighted by molar-refractivity contribution is -0.139. The monoisotopic (exact) mass is 265 g/mol. The van der Waals surface area contributed by atoms with Crippen LogP contribution in [0.15, 0.2) is 10.9 Å². The Balaban J connectivity index is 1.86. The first-order valence-corrected chi connectivity index (χ1v) is 6.49. The molecule has 1 saturated heterocycles. The van der Waals surface area contributed by atoms with Crippen LogP contribution in [0.4, 0.5) is 0 Å². The third-order valence-electron chi connectivity index (χ3n) is 3.27. The Bertz CT molecular complexity index is 518. The molecule has 2 rings (SSSR count). The number of nitrogens with zero attached hydrogens (tertiary/aromatic N) is 1. The second-order valence-corrected chi connectivity index (χ2v) is 5.02. The molecule has 0 bridgehead atoms. The molecule has 0 saturated carbocycles. The maximum Gasteiger partial charge on any atom is 0.251 e. The molecule has 1 aliphatic heterocycles. The Morgan fingerprint density at radius 2 is 2.42 bits per heavy atom. The molecule has 0 radical (unpaired) electrons. The third kappa shape index (κ3) is 3.41. The highest BCUT2D eigenvalue weighted by atomic mass is 16.5. The maximum absolute atomic E-state index is 12.0. The van der Waals surface area contributed by atoms with Gasteiger partial charge in [-0.25, -0.2) is 4.98 Å². The Morgan fingerprint density at radius 1 is 1.63 bits per heavy atom. The minimum absolute atomic E-state index is 0.0972. The topological polar surface area (TPSA) is 84.1 Å². The molecule has 1 fully saturated rings. The zero-order chi connectivity index (χ0) is 13.9. The number of hydrogen-bond acceptors (Lipinski definition) is 4. The van der Waals surface area contributed by atoms with Gasteiger partial charge < -0.3 is 15.0 Å². The van der Waals surface area contributed by atoms with E-state index in [0.29, 0.717) is 31.1 Å². The van der Waals surface area contributed by atoms with Gasteiger partial charge in [-0.2, -0.15) is 0 Å². The Hall–Kier alpha value is -1.69. The van der Waals surface area contributed by atoms with E-state index in [1.807, 2.05) is 6.92 Å². The summed E-state index contributed by atoms with van der Waals surface area (Å²) in [5.41, 5.74) is -0.191. The number of hydrogen-bond donors (Lipinski definition) is 2. The van der Waals surface area contributed by atoms with Gasteiger partial charge >= 0.3 is 0 Å². The van der Waals surface area contributed by atoms with Crippen LogP contribution in [-0.2, 0) is 16.0 Å². The molecule has 1 aromatic rings. The van der Waals surface area contributed by atoms with Crippen molar-refractivity contribution in [2.45, 2.75) is 38.7 Å². The molecule has 0 spiro atoms. The van der Waals surface area contributed by atoms with Crippen molar-refractivity contribution in [1.82, 2.24) is 15.3 Å². The van der Waals surface area contributed by atoms with E-state index in [9.17, 15) is 9.59 Å². The van der Waals surface area contributed by atoms with Crippen LogP contribution in [-0.4, -0.2) is 34.6 Å². The average molecular weight is 265 g/mol. The number of aromatic nitrogens is 2. The minimum atomic E-state index is -0.701. The molecule has 0 aliphatic carbocycles. The number of carbonyl (C=O) groups excluding carboxylic acids is 1. The van der Waals surface area contributed by atoms with Gasteiger partial charge in [-0.05, 0) is 26.7 Å². The number of carbonyl (C=O) groups is 1. The van der Waals surface area contributed by atoms with Crippen LogP contribution in [0.5, 0.6) is 0 Å². The standard InChI is InChI=1S/C13H19N3O3/c1-9-8-11(17)16-10(15-9)4-6-14-12(18)13(2)5-3-7-19-13/h8H,3-7H2,1-2H3,(H,14,18)(H,15,16,17)/t13-/m1/s1. The molecule has 1 amide bonds. The number of H-pyrrole nitrogens is 1. The van der Waals surface area contributed by atoms with E-state index in [4.69, 9.17) is 4.74 Å². The van der Waals surface area contributed by atoms with Gasteiger partial charge in [0.1, 0.15) is 11.4 Å². The first kappa shape index (κ1) is 13.7. The lowest BCUT2D eigenvalue weighted by Gasteiger charge is -2.21. The maximum atomic E-state index is 12.0. The molecular weight excluding hydrogens is 246 g/mol. The average Bonchev–Trinajstić information content (AvgIpc) is 2.76. The second-order valence-electron chi connectivity index (χ2n) is 5.02. The van der Waals surface area contributed by atoms with E-state index in [-0.39, 0.29) is 11.5 Å². The number of aromatic amines is 1. The van der Waals surface area contributed by atoms with Gasteiger partial charge in [-0.15, -0.1) is 0 Å². The summed E-state index contributed by atoms with van der Waals surface area (Å²) < 4.78 is 5.46. The lowest BCUT2D eigenvalue weighted by Crippen LogP contribution is -2.44. The molecule has 0 aromatic carbocycles. The summed E-state index contributed by atoms with van der Waals surface area (Å²) >= 11 is 0. The Labute approximate surface area is 111 Å². The van der Waals surface area contributed by atoms with Gasteiger partial charge in [-0.3, -0.25) is 9.59 Å². The van der Waals surface area contributed by atoms with Crippen molar-refractivity contribution >= 4 is 5.91 Å². The molecule has 1 atom stereocenters. The van der Waals surface area contributed by atoms with E-state index >= 15 is 0 Å². The predicted molar refractivity (Wildman–Crippen MR) is 69.9 cm³/mol. The first-order chi connectivity index (χ1) is 8.99. The minimum Gasteiger partial charge on any atom is -0.365 e. The third-order valence-corrected chi connectivity index (χ3v) is 3.27. The van der Waals surface area contributed by atoms with Gasteiger partial charge in [0.05, 0.1) is 0 Å². The Morgan fingerprint density at radius 3 is 3.05 bits per heavy atom. The molecule has 2 heterocycles. The Kier molecular flexibility index (Phi) is 3.99. The summed E-state index contributed by atoms with van der Waals surface area (Å²) in [6, 6.07) is 1.44. The van der Waals surface area contributed by atoms with Crippen molar-refractivity contribution in [2.75, 3.05) is 13.2 Å². The van der Waals surface area contributed by atoms with E-state index < -0.39 is 5.60 Å². The second kappa shape index (κ2) is 5.52. The van der Waals surface area contributed by atoms with Gasteiger partial charge in [0.25, 0.3) is 11.5 Å². The van der Waals surface area contributed by atoms with Crippen molar-refractivity contribution < 1.29 is 9.53 Å². The van der Waals surface area contributed by atoms with Crippen LogP contribution in [0.25, 0.3) is 0 Å². The van der Waals surface area contributed by atoms with Crippen LogP contribution in [0.2, 0.25) is 0 Å². The highest BCUT2D eigenvalue weighted by Crippen LogP contribution is 2.24. The van der Waals surface area contributed by atoms with Gasteiger partial charge in [-0.1, -0.05) is 0 Å². The fourth-order valence-corrected chi connectivity index (χ4v) is 2.20. The highest BCUT2D eigenvalue weighted by Gasteiger charge is 2.37. The molecule has 19 heavy (non-hydrogen) atoms. The van der Waals surface area contributed by atoms with Crippen molar-refractivity contribution in [3.8, 4) is 0 Å².